The third-order valence-electron chi connectivity index (χ3n) is 3.90. The van der Waals surface area contributed by atoms with Crippen LogP contribution in [0.25, 0.3) is 0 Å². The molecule has 1 heterocycles. The standard InChI is InChI=1S/C17H25N3O3.ClH/c1-4-23-15-6-5-13(17(22)20(2)3)11-14(15)19-16(21)12-7-9-18-10-8-12;/h5-6,11-12,18H,4,7-10H2,1-3H3,(H,19,21);1H. The Hall–Kier alpha value is -1.79. The maximum atomic E-state index is 12.4. The lowest BCUT2D eigenvalue weighted by Gasteiger charge is -2.22. The molecule has 1 aromatic rings. The smallest absolute Gasteiger partial charge is 0.253 e. The Morgan fingerprint density at radius 3 is 2.54 bits per heavy atom. The van der Waals surface area contributed by atoms with Crippen LogP contribution in [0.15, 0.2) is 18.2 Å². The molecule has 1 fully saturated rings. The number of carbonyl (C=O) groups is 2. The molecule has 0 aliphatic carbocycles. The van der Waals surface area contributed by atoms with Gasteiger partial charge in [0.1, 0.15) is 5.75 Å². The Morgan fingerprint density at radius 2 is 1.96 bits per heavy atom. The molecule has 7 heteroatoms. The maximum Gasteiger partial charge on any atom is 0.253 e. The normalized spacial score (nSPS) is 14.5. The van der Waals surface area contributed by atoms with Gasteiger partial charge in [-0.3, -0.25) is 9.59 Å². The van der Waals surface area contributed by atoms with Crippen LogP contribution in [0.4, 0.5) is 5.69 Å². The van der Waals surface area contributed by atoms with E-state index in [1.807, 2.05) is 6.92 Å². The Kier molecular flexibility index (Phi) is 8.01. The molecule has 0 unspecified atom stereocenters. The number of piperidine rings is 1. The second-order valence-corrected chi connectivity index (χ2v) is 5.86. The molecule has 0 saturated carbocycles. The van der Waals surface area contributed by atoms with Crippen LogP contribution >= 0.6 is 12.4 Å². The van der Waals surface area contributed by atoms with Crippen LogP contribution in [0.1, 0.15) is 30.1 Å². The molecule has 134 valence electrons. The molecule has 1 saturated heterocycles. The maximum absolute atomic E-state index is 12.4. The Balaban J connectivity index is 0.00000288. The average molecular weight is 356 g/mol. The second kappa shape index (κ2) is 9.49. The summed E-state index contributed by atoms with van der Waals surface area (Å²) in [6.07, 6.45) is 1.65. The van der Waals surface area contributed by atoms with E-state index in [1.165, 1.54) is 4.90 Å². The summed E-state index contributed by atoms with van der Waals surface area (Å²) in [4.78, 5) is 26.1. The number of nitrogens with zero attached hydrogens (tertiary/aromatic N) is 1. The third-order valence-corrected chi connectivity index (χ3v) is 3.90. The van der Waals surface area contributed by atoms with E-state index in [9.17, 15) is 9.59 Å². The van der Waals surface area contributed by atoms with Crippen LogP contribution < -0.4 is 15.4 Å². The van der Waals surface area contributed by atoms with Crippen molar-refractivity contribution in [2.24, 2.45) is 5.92 Å². The van der Waals surface area contributed by atoms with Gasteiger partial charge in [0.15, 0.2) is 0 Å². The fourth-order valence-corrected chi connectivity index (χ4v) is 2.62. The molecule has 24 heavy (non-hydrogen) atoms. The molecule has 1 aromatic carbocycles. The number of halogens is 1. The number of anilines is 1. The summed E-state index contributed by atoms with van der Waals surface area (Å²) < 4.78 is 5.57. The molecule has 0 radical (unpaired) electrons. The Labute approximate surface area is 149 Å². The number of amides is 2. The van der Waals surface area contributed by atoms with Gasteiger partial charge in [-0.25, -0.2) is 0 Å². The molecule has 2 amide bonds. The number of benzene rings is 1. The fourth-order valence-electron chi connectivity index (χ4n) is 2.62. The molecule has 2 rings (SSSR count). The van der Waals surface area contributed by atoms with Crippen LogP contribution in [0.2, 0.25) is 0 Å². The van der Waals surface area contributed by atoms with Crippen molar-refractivity contribution >= 4 is 29.9 Å². The van der Waals surface area contributed by atoms with Crippen LogP contribution in [0.3, 0.4) is 0 Å². The van der Waals surface area contributed by atoms with Crippen molar-refractivity contribution in [3.63, 3.8) is 0 Å². The molecule has 0 bridgehead atoms. The molecule has 1 aliphatic heterocycles. The summed E-state index contributed by atoms with van der Waals surface area (Å²) in [5, 5.41) is 6.18. The van der Waals surface area contributed by atoms with Gasteiger partial charge < -0.3 is 20.3 Å². The molecular weight excluding hydrogens is 330 g/mol. The van der Waals surface area contributed by atoms with Gasteiger partial charge in [0.25, 0.3) is 5.91 Å². The van der Waals surface area contributed by atoms with Crippen LogP contribution in [-0.4, -0.2) is 50.5 Å². The lowest BCUT2D eigenvalue weighted by Crippen LogP contribution is -2.34. The first-order valence-corrected chi connectivity index (χ1v) is 8.03. The average Bonchev–Trinajstić information content (AvgIpc) is 2.56. The van der Waals surface area contributed by atoms with Crippen molar-refractivity contribution in [2.45, 2.75) is 19.8 Å². The minimum absolute atomic E-state index is 0. The van der Waals surface area contributed by atoms with Gasteiger partial charge in [-0.05, 0) is 51.1 Å². The zero-order valence-electron chi connectivity index (χ0n) is 14.4. The first kappa shape index (κ1) is 20.3. The fraction of sp³-hybridized carbons (Fsp3) is 0.529. The van der Waals surface area contributed by atoms with E-state index >= 15 is 0 Å². The molecule has 1 aliphatic rings. The van der Waals surface area contributed by atoms with Gasteiger partial charge in [-0.15, -0.1) is 12.4 Å². The molecule has 2 N–H and O–H groups in total. The van der Waals surface area contributed by atoms with Crippen molar-refractivity contribution in [3.05, 3.63) is 23.8 Å². The van der Waals surface area contributed by atoms with Crippen molar-refractivity contribution < 1.29 is 14.3 Å². The summed E-state index contributed by atoms with van der Waals surface area (Å²) in [6.45, 7) is 4.10. The van der Waals surface area contributed by atoms with Gasteiger partial charge >= 0.3 is 0 Å². The number of hydrogen-bond donors (Lipinski definition) is 2. The lowest BCUT2D eigenvalue weighted by molar-refractivity contribution is -0.120. The van der Waals surface area contributed by atoms with Crippen LogP contribution in [0.5, 0.6) is 5.75 Å². The topological polar surface area (TPSA) is 70.7 Å². The predicted molar refractivity (Wildman–Crippen MR) is 97.1 cm³/mol. The van der Waals surface area contributed by atoms with Gasteiger partial charge in [0, 0.05) is 25.6 Å². The van der Waals surface area contributed by atoms with Gasteiger partial charge in [0.05, 0.1) is 12.3 Å². The highest BCUT2D eigenvalue weighted by molar-refractivity contribution is 5.98. The quantitative estimate of drug-likeness (QED) is 0.849. The summed E-state index contributed by atoms with van der Waals surface area (Å²) in [6, 6.07) is 5.14. The van der Waals surface area contributed by atoms with Gasteiger partial charge in [0.2, 0.25) is 5.91 Å². The van der Waals surface area contributed by atoms with Gasteiger partial charge in [-0.1, -0.05) is 0 Å². The third kappa shape index (κ3) is 5.11. The Morgan fingerprint density at radius 1 is 1.29 bits per heavy atom. The second-order valence-electron chi connectivity index (χ2n) is 5.86. The monoisotopic (exact) mass is 355 g/mol. The molecule has 0 spiro atoms. The number of rotatable bonds is 5. The summed E-state index contributed by atoms with van der Waals surface area (Å²) in [5.74, 6) is 0.469. The van der Waals surface area contributed by atoms with Crippen molar-refractivity contribution in [2.75, 3.05) is 39.1 Å². The number of carbonyl (C=O) groups excluding carboxylic acids is 2. The SMILES string of the molecule is CCOc1ccc(C(=O)N(C)C)cc1NC(=O)C1CCNCC1.Cl. The highest BCUT2D eigenvalue weighted by atomic mass is 35.5. The number of ether oxygens (including phenoxy) is 1. The summed E-state index contributed by atoms with van der Waals surface area (Å²) in [5.41, 5.74) is 1.09. The van der Waals surface area contributed by atoms with Gasteiger partial charge in [-0.2, -0.15) is 0 Å². The number of nitrogens with one attached hydrogen (secondary N) is 2. The van der Waals surface area contributed by atoms with E-state index < -0.39 is 0 Å². The summed E-state index contributed by atoms with van der Waals surface area (Å²) in [7, 11) is 3.40. The van der Waals surface area contributed by atoms with E-state index in [2.05, 4.69) is 10.6 Å². The van der Waals surface area contributed by atoms with E-state index in [4.69, 9.17) is 4.74 Å². The minimum atomic E-state index is -0.106. The highest BCUT2D eigenvalue weighted by Gasteiger charge is 2.22. The van der Waals surface area contributed by atoms with Crippen molar-refractivity contribution in [1.82, 2.24) is 10.2 Å². The lowest BCUT2D eigenvalue weighted by atomic mass is 9.97. The van der Waals surface area contributed by atoms with E-state index in [1.54, 1.807) is 32.3 Å². The molecule has 6 nitrogen and oxygen atoms in total. The van der Waals surface area contributed by atoms with Crippen LogP contribution in [-0.2, 0) is 4.79 Å². The van der Waals surface area contributed by atoms with E-state index in [0.29, 0.717) is 23.6 Å². The van der Waals surface area contributed by atoms with Crippen molar-refractivity contribution in [1.29, 1.82) is 0 Å². The molecular formula is C17H26ClN3O3. The Bertz CT molecular complexity index is 572. The zero-order chi connectivity index (χ0) is 16.8. The highest BCUT2D eigenvalue weighted by Crippen LogP contribution is 2.27. The van der Waals surface area contributed by atoms with E-state index in [-0.39, 0.29) is 30.1 Å². The van der Waals surface area contributed by atoms with E-state index in [0.717, 1.165) is 25.9 Å². The first-order valence-electron chi connectivity index (χ1n) is 8.03. The van der Waals surface area contributed by atoms with Crippen LogP contribution in [0, 0.1) is 5.92 Å². The van der Waals surface area contributed by atoms with Crippen molar-refractivity contribution in [3.8, 4) is 5.75 Å². The molecule has 0 aromatic heterocycles. The largest absolute Gasteiger partial charge is 0.492 e. The predicted octanol–water partition coefficient (Wildman–Crippen LogP) is 2.15. The summed E-state index contributed by atoms with van der Waals surface area (Å²) >= 11 is 0. The minimum Gasteiger partial charge on any atom is -0.492 e. The zero-order valence-corrected chi connectivity index (χ0v) is 15.2. The molecule has 0 atom stereocenters. The number of hydrogen-bond acceptors (Lipinski definition) is 4. The first-order chi connectivity index (χ1) is 11.0.